The van der Waals surface area contributed by atoms with Crippen LogP contribution in [0.3, 0.4) is 0 Å². The van der Waals surface area contributed by atoms with E-state index in [2.05, 4.69) is 15.4 Å². The molecular weight excluding hydrogens is 617 g/mol. The maximum absolute atomic E-state index is 15.2. The molecule has 16 heteroatoms. The van der Waals surface area contributed by atoms with Gasteiger partial charge in [0.25, 0.3) is 0 Å². The van der Waals surface area contributed by atoms with Gasteiger partial charge in [-0.1, -0.05) is 44.9 Å². The third kappa shape index (κ3) is 9.63. The number of esters is 1. The van der Waals surface area contributed by atoms with Gasteiger partial charge in [0.15, 0.2) is 6.10 Å². The van der Waals surface area contributed by atoms with Gasteiger partial charge >= 0.3 is 25.3 Å². The van der Waals surface area contributed by atoms with E-state index in [1.165, 1.54) is 25.1 Å². The Hall–Kier alpha value is -3.23. The number of aliphatic hydroxyl groups is 1. The van der Waals surface area contributed by atoms with E-state index in [4.69, 9.17) is 18.5 Å². The van der Waals surface area contributed by atoms with Crippen molar-refractivity contribution in [2.45, 2.75) is 96.8 Å². The van der Waals surface area contributed by atoms with Crippen molar-refractivity contribution in [3.05, 3.63) is 53.1 Å². The highest BCUT2D eigenvalue weighted by molar-refractivity contribution is 7.52. The van der Waals surface area contributed by atoms with Crippen molar-refractivity contribution in [1.29, 1.82) is 0 Å². The molecule has 1 aromatic carbocycles. The maximum Gasteiger partial charge on any atom is 0.459 e. The molecule has 2 aromatic rings. The SMILES string of the molecule is CCCC(CCC)C(=O)Nc1ccn([C@@H]2O[C@H](CO[P@@](=O)(N[C@@H](C)C(=O)OC(C)C)Oc3ccccc3)[C@@H](O)C2(F)F)c(=O)n1. The van der Waals surface area contributed by atoms with E-state index in [1.54, 1.807) is 32.0 Å². The van der Waals surface area contributed by atoms with Crippen LogP contribution in [0.2, 0.25) is 0 Å². The third-order valence-electron chi connectivity index (χ3n) is 6.79. The molecule has 0 bridgehead atoms. The predicted molar refractivity (Wildman–Crippen MR) is 160 cm³/mol. The van der Waals surface area contributed by atoms with Gasteiger partial charge in [0, 0.05) is 12.1 Å². The first kappa shape index (κ1) is 36.2. The van der Waals surface area contributed by atoms with Crippen molar-refractivity contribution in [2.75, 3.05) is 11.9 Å². The molecule has 0 spiro atoms. The molecule has 1 aliphatic rings. The number of nitrogens with zero attached hydrogens (tertiary/aromatic N) is 2. The molecule has 1 fully saturated rings. The van der Waals surface area contributed by atoms with E-state index in [1.807, 2.05) is 13.8 Å². The van der Waals surface area contributed by atoms with Gasteiger partial charge in [0.1, 0.15) is 23.7 Å². The molecule has 1 saturated heterocycles. The van der Waals surface area contributed by atoms with E-state index in [0.717, 1.165) is 19.0 Å². The van der Waals surface area contributed by atoms with E-state index < -0.39 is 62.5 Å². The average molecular weight is 659 g/mol. The Balaban J connectivity index is 1.77. The zero-order valence-corrected chi connectivity index (χ0v) is 26.7. The standard InChI is InChI=1S/C29H41F2N4O9P/c1-6-11-20(12-7-2)25(37)32-23-15-16-35(28(39)33-23)27-29(30,31)24(36)22(43-27)17-41-45(40,44-21-13-9-8-10-14-21)34-19(5)26(38)42-18(3)4/h8-10,13-16,18-20,22,24,27,36H,6-7,11-12,17H2,1-5H3,(H,34,40)(H,32,33,37,39)/t19-,22+,24+,27+,45-/m0/s1. The molecule has 1 aliphatic heterocycles. The smallest absolute Gasteiger partial charge is 0.459 e. The summed E-state index contributed by atoms with van der Waals surface area (Å²) in [6.07, 6.45) is -3.24. The minimum absolute atomic E-state index is 0.0781. The Bertz CT molecular complexity index is 1390. The number of rotatable bonds is 16. The van der Waals surface area contributed by atoms with Gasteiger partial charge < -0.3 is 24.4 Å². The molecule has 13 nitrogen and oxygen atoms in total. The molecule has 1 amide bonds. The highest BCUT2D eigenvalue weighted by Crippen LogP contribution is 2.48. The van der Waals surface area contributed by atoms with Crippen molar-refractivity contribution >= 4 is 25.4 Å². The molecule has 2 heterocycles. The Morgan fingerprint density at radius 3 is 2.36 bits per heavy atom. The van der Waals surface area contributed by atoms with Crippen LogP contribution in [-0.2, 0) is 28.2 Å². The Labute approximate surface area is 260 Å². The Morgan fingerprint density at radius 1 is 1.13 bits per heavy atom. The number of hydrogen-bond acceptors (Lipinski definition) is 10. The number of halogens is 2. The van der Waals surface area contributed by atoms with Gasteiger partial charge in [-0.2, -0.15) is 18.9 Å². The zero-order chi connectivity index (χ0) is 33.4. The lowest BCUT2D eigenvalue weighted by molar-refractivity contribution is -0.149. The van der Waals surface area contributed by atoms with Crippen molar-refractivity contribution in [3.8, 4) is 5.75 Å². The molecule has 3 N–H and O–H groups in total. The van der Waals surface area contributed by atoms with Gasteiger partial charge in [0.2, 0.25) is 12.1 Å². The third-order valence-corrected chi connectivity index (χ3v) is 8.44. The van der Waals surface area contributed by atoms with Gasteiger partial charge in [-0.05, 0) is 51.8 Å². The van der Waals surface area contributed by atoms with Crippen LogP contribution in [0.25, 0.3) is 0 Å². The Morgan fingerprint density at radius 2 is 1.78 bits per heavy atom. The van der Waals surface area contributed by atoms with Crippen molar-refractivity contribution in [2.24, 2.45) is 5.92 Å². The molecule has 0 aliphatic carbocycles. The van der Waals surface area contributed by atoms with Gasteiger partial charge in [-0.25, -0.2) is 9.36 Å². The summed E-state index contributed by atoms with van der Waals surface area (Å²) in [5.74, 6) is -5.44. The number of hydrogen-bond donors (Lipinski definition) is 3. The first-order valence-corrected chi connectivity index (χ1v) is 16.3. The van der Waals surface area contributed by atoms with Gasteiger partial charge in [-0.3, -0.25) is 18.7 Å². The monoisotopic (exact) mass is 658 g/mol. The summed E-state index contributed by atoms with van der Waals surface area (Å²) in [5.41, 5.74) is -1.16. The molecule has 0 unspecified atom stereocenters. The summed E-state index contributed by atoms with van der Waals surface area (Å²) in [6.45, 7) is 7.59. The van der Waals surface area contributed by atoms with Crippen LogP contribution in [0, 0.1) is 5.92 Å². The number of ether oxygens (including phenoxy) is 2. The number of carbonyl (C=O) groups is 2. The second-order valence-electron chi connectivity index (χ2n) is 10.9. The summed E-state index contributed by atoms with van der Waals surface area (Å²) in [4.78, 5) is 41.5. The number of anilines is 1. The largest absolute Gasteiger partial charge is 0.462 e. The van der Waals surface area contributed by atoms with Crippen LogP contribution >= 0.6 is 7.75 Å². The number of alkyl halides is 2. The highest BCUT2D eigenvalue weighted by atomic mass is 31.2. The molecule has 3 rings (SSSR count). The maximum atomic E-state index is 15.2. The van der Waals surface area contributed by atoms with Crippen molar-refractivity contribution < 1.29 is 46.6 Å². The summed E-state index contributed by atoms with van der Waals surface area (Å²) < 4.78 is 66.0. The molecule has 250 valence electrons. The first-order valence-electron chi connectivity index (χ1n) is 14.8. The van der Waals surface area contributed by atoms with E-state index in [-0.39, 0.29) is 23.4 Å². The lowest BCUT2D eigenvalue weighted by Gasteiger charge is -2.25. The van der Waals surface area contributed by atoms with Crippen LogP contribution in [0.4, 0.5) is 14.6 Å². The predicted octanol–water partition coefficient (Wildman–Crippen LogP) is 4.43. The minimum Gasteiger partial charge on any atom is -0.462 e. The number of carbonyl (C=O) groups excluding carboxylic acids is 2. The van der Waals surface area contributed by atoms with E-state index in [9.17, 15) is 24.1 Å². The number of aromatic nitrogens is 2. The summed E-state index contributed by atoms with van der Waals surface area (Å²) in [7, 11) is -4.46. The summed E-state index contributed by atoms with van der Waals surface area (Å²) in [6, 6.07) is 7.73. The number of amides is 1. The van der Waals surface area contributed by atoms with Crippen LogP contribution in [0.1, 0.15) is 66.5 Å². The normalized spacial score (nSPS) is 21.3. The van der Waals surface area contributed by atoms with Crippen LogP contribution in [-0.4, -0.2) is 63.4 Å². The topological polar surface area (TPSA) is 167 Å². The second-order valence-corrected chi connectivity index (χ2v) is 12.6. The van der Waals surface area contributed by atoms with E-state index >= 15 is 8.78 Å². The molecule has 0 radical (unpaired) electrons. The molecule has 45 heavy (non-hydrogen) atoms. The fraction of sp³-hybridized carbons (Fsp3) is 0.586. The minimum atomic E-state index is -4.46. The van der Waals surface area contributed by atoms with Crippen LogP contribution in [0.15, 0.2) is 47.4 Å². The quantitative estimate of drug-likeness (QED) is 0.173. The van der Waals surface area contributed by atoms with E-state index in [0.29, 0.717) is 17.4 Å². The molecular formula is C29H41F2N4O9P. The molecule has 5 atom stereocenters. The number of para-hydroxylation sites is 1. The van der Waals surface area contributed by atoms with Crippen molar-refractivity contribution in [1.82, 2.24) is 14.6 Å². The zero-order valence-electron chi connectivity index (χ0n) is 25.9. The van der Waals surface area contributed by atoms with Gasteiger partial charge in [0.05, 0.1) is 12.7 Å². The number of aliphatic hydroxyl groups excluding tert-OH is 1. The highest BCUT2D eigenvalue weighted by Gasteiger charge is 2.60. The average Bonchev–Trinajstić information content (AvgIpc) is 3.19. The summed E-state index contributed by atoms with van der Waals surface area (Å²) in [5, 5.41) is 15.4. The molecule has 0 saturated carbocycles. The lowest BCUT2D eigenvalue weighted by Crippen LogP contribution is -2.42. The fourth-order valence-electron chi connectivity index (χ4n) is 4.60. The first-order chi connectivity index (χ1) is 21.2. The lowest BCUT2D eigenvalue weighted by atomic mass is 9.97. The number of nitrogens with one attached hydrogen (secondary N) is 2. The van der Waals surface area contributed by atoms with Crippen LogP contribution < -0.4 is 20.6 Å². The number of benzene rings is 1. The second kappa shape index (κ2) is 15.9. The van der Waals surface area contributed by atoms with Crippen LogP contribution in [0.5, 0.6) is 5.75 Å². The Kier molecular flexibility index (Phi) is 12.8. The van der Waals surface area contributed by atoms with Gasteiger partial charge in [-0.15, -0.1) is 0 Å². The molecule has 1 aromatic heterocycles. The van der Waals surface area contributed by atoms with Crippen molar-refractivity contribution in [3.63, 3.8) is 0 Å². The summed E-state index contributed by atoms with van der Waals surface area (Å²) >= 11 is 0. The fourth-order valence-corrected chi connectivity index (χ4v) is 6.11.